The van der Waals surface area contributed by atoms with Gasteiger partial charge in [0.15, 0.2) is 0 Å². The van der Waals surface area contributed by atoms with Crippen molar-refractivity contribution in [2.45, 2.75) is 46.1 Å². The molecule has 0 amide bonds. The number of nitrogens with zero attached hydrogens (tertiary/aromatic N) is 2. The molecule has 1 aromatic rings. The molecule has 126 valence electrons. The summed E-state index contributed by atoms with van der Waals surface area (Å²) in [5, 5.41) is 12.9. The zero-order chi connectivity index (χ0) is 17.0. The van der Waals surface area contributed by atoms with Gasteiger partial charge in [-0.15, -0.1) is 0 Å². The highest BCUT2D eigenvalue weighted by molar-refractivity contribution is 5.81. The Morgan fingerprint density at radius 3 is 2.78 bits per heavy atom. The van der Waals surface area contributed by atoms with Gasteiger partial charge in [0, 0.05) is 6.08 Å². The van der Waals surface area contributed by atoms with E-state index in [1.165, 1.54) is 6.08 Å². The standard InChI is InChI=1S/C17H25N3O3/c1-5-7-16(21)23-11-6-8-13-9-10-14-15(12-13)19(17(2,3)4)20(22)18-14/h5,7,9-10,12,18,22H,6,8,11H2,1-4H3. The molecule has 0 radical (unpaired) electrons. The van der Waals surface area contributed by atoms with E-state index >= 15 is 0 Å². The Morgan fingerprint density at radius 2 is 2.13 bits per heavy atom. The third kappa shape index (κ3) is 4.24. The predicted octanol–water partition coefficient (Wildman–Crippen LogP) is 3.29. The zero-order valence-electron chi connectivity index (χ0n) is 14.2. The van der Waals surface area contributed by atoms with E-state index in [4.69, 9.17) is 4.74 Å². The fraction of sp³-hybridized carbons (Fsp3) is 0.471. The quantitative estimate of drug-likeness (QED) is 0.493. The first-order valence-corrected chi connectivity index (χ1v) is 7.81. The van der Waals surface area contributed by atoms with Gasteiger partial charge >= 0.3 is 5.97 Å². The average molecular weight is 319 g/mol. The van der Waals surface area contributed by atoms with Crippen molar-refractivity contribution in [2.24, 2.45) is 0 Å². The molecule has 0 fully saturated rings. The number of hydrogen-bond donors (Lipinski definition) is 2. The third-order valence-electron chi connectivity index (χ3n) is 3.49. The lowest BCUT2D eigenvalue weighted by molar-refractivity contribution is -0.137. The number of allylic oxidation sites excluding steroid dienone is 1. The Labute approximate surface area is 137 Å². The van der Waals surface area contributed by atoms with Gasteiger partial charge in [0.2, 0.25) is 0 Å². The van der Waals surface area contributed by atoms with Crippen molar-refractivity contribution in [3.05, 3.63) is 35.9 Å². The molecule has 1 aliphatic rings. The minimum atomic E-state index is -0.305. The molecule has 2 N–H and O–H groups in total. The predicted molar refractivity (Wildman–Crippen MR) is 90.0 cm³/mol. The maximum absolute atomic E-state index is 11.2. The first-order valence-electron chi connectivity index (χ1n) is 7.81. The number of hydrazine groups is 2. The number of aryl methyl sites for hydroxylation is 1. The number of nitrogens with one attached hydrogen (secondary N) is 1. The Balaban J connectivity index is 1.99. The first-order chi connectivity index (χ1) is 10.8. The fourth-order valence-electron chi connectivity index (χ4n) is 2.54. The SMILES string of the molecule is CC=CC(=O)OCCCc1ccc2c(c1)N(C(C)(C)C)N(O)N2. The lowest BCUT2D eigenvalue weighted by Crippen LogP contribution is -2.50. The minimum Gasteiger partial charge on any atom is -0.463 e. The number of carbonyl (C=O) groups is 1. The molecule has 23 heavy (non-hydrogen) atoms. The van der Waals surface area contributed by atoms with Crippen LogP contribution in [0, 0.1) is 0 Å². The van der Waals surface area contributed by atoms with E-state index in [9.17, 15) is 10.0 Å². The van der Waals surface area contributed by atoms with E-state index in [0.29, 0.717) is 6.61 Å². The van der Waals surface area contributed by atoms with E-state index in [1.54, 1.807) is 18.0 Å². The second-order valence-electron chi connectivity index (χ2n) is 6.51. The van der Waals surface area contributed by atoms with Gasteiger partial charge in [-0.05, 0) is 63.5 Å². The van der Waals surface area contributed by atoms with Crippen molar-refractivity contribution in [3.63, 3.8) is 0 Å². The number of carbonyl (C=O) groups excluding carboxylic acids is 1. The summed E-state index contributed by atoms with van der Waals surface area (Å²) in [6.45, 7) is 8.26. The highest BCUT2D eigenvalue weighted by Gasteiger charge is 2.34. The molecule has 0 aromatic heterocycles. The number of esters is 1. The summed E-state index contributed by atoms with van der Waals surface area (Å²) >= 11 is 0. The molecule has 0 saturated carbocycles. The van der Waals surface area contributed by atoms with E-state index in [-0.39, 0.29) is 11.5 Å². The summed E-state index contributed by atoms with van der Waals surface area (Å²) in [5.41, 5.74) is 5.60. The fourth-order valence-corrected chi connectivity index (χ4v) is 2.54. The molecule has 2 rings (SSSR count). The maximum atomic E-state index is 11.2. The van der Waals surface area contributed by atoms with E-state index in [1.807, 2.05) is 32.9 Å². The molecule has 1 aliphatic heterocycles. The van der Waals surface area contributed by atoms with Crippen LogP contribution < -0.4 is 10.4 Å². The van der Waals surface area contributed by atoms with Crippen LogP contribution in [0.3, 0.4) is 0 Å². The van der Waals surface area contributed by atoms with E-state index < -0.39 is 0 Å². The van der Waals surface area contributed by atoms with Gasteiger partial charge in [-0.25, -0.2) is 4.79 Å². The molecular weight excluding hydrogens is 294 g/mol. The third-order valence-corrected chi connectivity index (χ3v) is 3.49. The monoisotopic (exact) mass is 319 g/mol. The van der Waals surface area contributed by atoms with Gasteiger partial charge in [-0.3, -0.25) is 15.6 Å². The van der Waals surface area contributed by atoms with Crippen LogP contribution in [0.2, 0.25) is 0 Å². The van der Waals surface area contributed by atoms with Crippen LogP contribution in [0.15, 0.2) is 30.4 Å². The van der Waals surface area contributed by atoms with Crippen molar-refractivity contribution < 1.29 is 14.7 Å². The first kappa shape index (κ1) is 17.3. The molecule has 1 heterocycles. The number of ether oxygens (including phenoxy) is 1. The van der Waals surface area contributed by atoms with Crippen molar-refractivity contribution >= 4 is 17.3 Å². The molecule has 0 bridgehead atoms. The summed E-state index contributed by atoms with van der Waals surface area (Å²) < 4.78 is 5.09. The Hall–Kier alpha value is -2.05. The molecule has 0 spiro atoms. The molecule has 0 unspecified atom stereocenters. The summed E-state index contributed by atoms with van der Waals surface area (Å²) in [7, 11) is 0. The second kappa shape index (κ2) is 7.02. The normalized spacial score (nSPS) is 14.9. The maximum Gasteiger partial charge on any atom is 0.330 e. The van der Waals surface area contributed by atoms with Crippen molar-refractivity contribution in [2.75, 3.05) is 17.0 Å². The minimum absolute atomic E-state index is 0.256. The smallest absolute Gasteiger partial charge is 0.330 e. The largest absolute Gasteiger partial charge is 0.463 e. The molecule has 6 nitrogen and oxygen atoms in total. The Kier molecular flexibility index (Phi) is 5.28. The van der Waals surface area contributed by atoms with Crippen LogP contribution in [0.1, 0.15) is 39.7 Å². The molecule has 0 atom stereocenters. The van der Waals surface area contributed by atoms with Gasteiger partial charge < -0.3 is 4.74 Å². The summed E-state index contributed by atoms with van der Waals surface area (Å²) in [5.74, 6) is -0.305. The van der Waals surface area contributed by atoms with Gasteiger partial charge in [-0.1, -0.05) is 12.1 Å². The summed E-state index contributed by atoms with van der Waals surface area (Å²) in [6.07, 6.45) is 4.64. The number of hydrogen-bond acceptors (Lipinski definition) is 6. The number of benzene rings is 1. The summed E-state index contributed by atoms with van der Waals surface area (Å²) in [6, 6.07) is 6.02. The van der Waals surface area contributed by atoms with Crippen LogP contribution in [0.4, 0.5) is 11.4 Å². The lowest BCUT2D eigenvalue weighted by atomic mass is 10.0. The summed E-state index contributed by atoms with van der Waals surface area (Å²) in [4.78, 5) is 11.2. The van der Waals surface area contributed by atoms with Gasteiger partial charge in [0.1, 0.15) is 0 Å². The van der Waals surface area contributed by atoms with Gasteiger partial charge in [-0.2, -0.15) is 0 Å². The number of rotatable bonds is 5. The molecule has 1 aromatic carbocycles. The van der Waals surface area contributed by atoms with Crippen LogP contribution in [-0.2, 0) is 16.0 Å². The van der Waals surface area contributed by atoms with Crippen molar-refractivity contribution in [1.29, 1.82) is 0 Å². The lowest BCUT2D eigenvalue weighted by Gasteiger charge is -2.36. The zero-order valence-corrected chi connectivity index (χ0v) is 14.2. The molecule has 0 aliphatic carbocycles. The Bertz CT molecular complexity index is 593. The number of fused-ring (bicyclic) bond motifs is 1. The second-order valence-corrected chi connectivity index (χ2v) is 6.51. The number of anilines is 2. The van der Waals surface area contributed by atoms with Crippen LogP contribution >= 0.6 is 0 Å². The highest BCUT2D eigenvalue weighted by atomic mass is 16.6. The van der Waals surface area contributed by atoms with Crippen molar-refractivity contribution in [3.8, 4) is 0 Å². The van der Waals surface area contributed by atoms with Crippen LogP contribution in [0.5, 0.6) is 0 Å². The van der Waals surface area contributed by atoms with Crippen LogP contribution in [-0.4, -0.2) is 28.6 Å². The highest BCUT2D eigenvalue weighted by Crippen LogP contribution is 2.38. The Morgan fingerprint density at radius 1 is 1.39 bits per heavy atom. The molecule has 0 saturated heterocycles. The molecule has 6 heteroatoms. The van der Waals surface area contributed by atoms with Crippen molar-refractivity contribution in [1.82, 2.24) is 5.28 Å². The average Bonchev–Trinajstić information content (AvgIpc) is 2.79. The van der Waals surface area contributed by atoms with E-state index in [0.717, 1.165) is 35.1 Å². The topological polar surface area (TPSA) is 65.0 Å². The van der Waals surface area contributed by atoms with E-state index in [2.05, 4.69) is 11.5 Å². The van der Waals surface area contributed by atoms with Gasteiger partial charge in [0.05, 0.1) is 23.5 Å². The molecular formula is C17H25N3O3. The van der Waals surface area contributed by atoms with Gasteiger partial charge in [0.25, 0.3) is 0 Å². The van der Waals surface area contributed by atoms with Crippen LogP contribution in [0.25, 0.3) is 0 Å².